The maximum atomic E-state index is 13.5. The Morgan fingerprint density at radius 2 is 1.84 bits per heavy atom. The van der Waals surface area contributed by atoms with Crippen molar-refractivity contribution in [3.05, 3.63) is 75.4 Å². The molecule has 5 aliphatic rings. The quantitative estimate of drug-likeness (QED) is 0.366. The van der Waals surface area contributed by atoms with Gasteiger partial charge in [-0.3, -0.25) is 4.79 Å². The fourth-order valence-electron chi connectivity index (χ4n) is 7.29. The first kappa shape index (κ1) is 25.6. The molecule has 200 valence electrons. The third kappa shape index (κ3) is 4.91. The molecular formula is C35H42O3. The average Bonchev–Trinajstić information content (AvgIpc) is 3.58. The van der Waals surface area contributed by atoms with Gasteiger partial charge in [0.25, 0.3) is 0 Å². The molecular weight excluding hydrogens is 468 g/mol. The Kier molecular flexibility index (Phi) is 7.31. The van der Waals surface area contributed by atoms with Crippen molar-refractivity contribution in [3.8, 4) is 5.75 Å². The highest BCUT2D eigenvalue weighted by molar-refractivity contribution is 5.99. The molecule has 2 saturated carbocycles. The zero-order valence-electron chi connectivity index (χ0n) is 23.3. The van der Waals surface area contributed by atoms with Gasteiger partial charge in [-0.2, -0.15) is 0 Å². The molecule has 1 saturated heterocycles. The van der Waals surface area contributed by atoms with Crippen molar-refractivity contribution >= 4 is 17.9 Å². The summed E-state index contributed by atoms with van der Waals surface area (Å²) in [4.78, 5) is 13.5. The van der Waals surface area contributed by atoms with Gasteiger partial charge in [0, 0.05) is 24.0 Å². The number of methoxy groups -OCH3 is 1. The standard InChI is InChI=1S/C33H36O3.C2H6/c1-35-28-10-8-22-18-29(31(30(22)19-28)13-20-4-5-20)27-14-21-6-7-24(16-26(21)17-27)33(34)25-9-11-32-23(15-25)3-2-12-36-32;1-2/h6-8,10,16-20,23,25,31-32H,2-5,9,11-15H2,1H3;1-2H3/t23-,25?,31?,32+;/m0./s1. The summed E-state index contributed by atoms with van der Waals surface area (Å²) >= 11 is 0. The maximum absolute atomic E-state index is 13.5. The second-order valence-electron chi connectivity index (χ2n) is 11.8. The summed E-state index contributed by atoms with van der Waals surface area (Å²) in [6.07, 6.45) is 15.5. The largest absolute Gasteiger partial charge is 0.497 e. The number of Topliss-reactive ketones (excluding diaryl/α,β-unsaturated/α-hetero) is 1. The van der Waals surface area contributed by atoms with Gasteiger partial charge in [-0.1, -0.05) is 57.0 Å². The molecule has 4 aliphatic carbocycles. The van der Waals surface area contributed by atoms with Crippen LogP contribution >= 0.6 is 0 Å². The Hall–Kier alpha value is -2.65. The van der Waals surface area contributed by atoms with Gasteiger partial charge in [-0.25, -0.2) is 0 Å². The lowest BCUT2D eigenvalue weighted by molar-refractivity contribution is -0.0547. The molecule has 1 aliphatic heterocycles. The van der Waals surface area contributed by atoms with Crippen LogP contribution in [-0.2, 0) is 11.2 Å². The lowest BCUT2D eigenvalue weighted by Crippen LogP contribution is -2.37. The monoisotopic (exact) mass is 510 g/mol. The normalized spacial score (nSPS) is 27.2. The van der Waals surface area contributed by atoms with Crippen molar-refractivity contribution in [2.24, 2.45) is 17.8 Å². The smallest absolute Gasteiger partial charge is 0.165 e. The highest BCUT2D eigenvalue weighted by Crippen LogP contribution is 2.50. The van der Waals surface area contributed by atoms with Gasteiger partial charge in [0.1, 0.15) is 5.75 Å². The van der Waals surface area contributed by atoms with Gasteiger partial charge in [0.2, 0.25) is 0 Å². The van der Waals surface area contributed by atoms with Gasteiger partial charge in [-0.05, 0) is 108 Å². The van der Waals surface area contributed by atoms with E-state index in [9.17, 15) is 4.79 Å². The highest BCUT2D eigenvalue weighted by Gasteiger charge is 2.37. The predicted octanol–water partition coefficient (Wildman–Crippen LogP) is 8.42. The number of rotatable bonds is 6. The van der Waals surface area contributed by atoms with Crippen molar-refractivity contribution in [1.82, 2.24) is 0 Å². The number of hydrogen-bond donors (Lipinski definition) is 0. The average molecular weight is 511 g/mol. The third-order valence-corrected chi connectivity index (χ3v) is 9.47. The minimum atomic E-state index is 0.154. The summed E-state index contributed by atoms with van der Waals surface area (Å²) in [6.45, 7) is 4.90. The lowest BCUT2D eigenvalue weighted by atomic mass is 9.74. The maximum Gasteiger partial charge on any atom is 0.165 e. The van der Waals surface area contributed by atoms with E-state index in [1.165, 1.54) is 59.1 Å². The van der Waals surface area contributed by atoms with Crippen LogP contribution in [0.5, 0.6) is 5.75 Å². The molecule has 38 heavy (non-hydrogen) atoms. The molecule has 3 nitrogen and oxygen atoms in total. The molecule has 0 bridgehead atoms. The minimum absolute atomic E-state index is 0.154. The van der Waals surface area contributed by atoms with Crippen LogP contribution in [0, 0.1) is 17.8 Å². The summed E-state index contributed by atoms with van der Waals surface area (Å²) in [5, 5.41) is 0. The lowest BCUT2D eigenvalue weighted by Gasteiger charge is -2.38. The molecule has 4 atom stereocenters. The molecule has 0 amide bonds. The second-order valence-corrected chi connectivity index (χ2v) is 11.8. The molecule has 2 aromatic rings. The number of fused-ring (bicyclic) bond motifs is 3. The Morgan fingerprint density at radius 1 is 0.974 bits per heavy atom. The van der Waals surface area contributed by atoms with E-state index < -0.39 is 0 Å². The van der Waals surface area contributed by atoms with Crippen LogP contribution in [0.15, 0.2) is 47.5 Å². The van der Waals surface area contributed by atoms with Gasteiger partial charge < -0.3 is 9.47 Å². The molecule has 3 heteroatoms. The summed E-state index contributed by atoms with van der Waals surface area (Å²) in [6, 6.07) is 13.0. The first-order valence-electron chi connectivity index (χ1n) is 15.1. The molecule has 1 heterocycles. The fourth-order valence-corrected chi connectivity index (χ4v) is 7.29. The Bertz CT molecular complexity index is 1260. The summed E-state index contributed by atoms with van der Waals surface area (Å²) < 4.78 is 11.5. The summed E-state index contributed by atoms with van der Waals surface area (Å²) in [7, 11) is 1.75. The number of allylic oxidation sites excluding steroid dienone is 2. The van der Waals surface area contributed by atoms with Crippen LogP contribution in [0.25, 0.3) is 12.2 Å². The number of carbonyl (C=O) groups is 1. The van der Waals surface area contributed by atoms with Crippen LogP contribution in [0.4, 0.5) is 0 Å². The summed E-state index contributed by atoms with van der Waals surface area (Å²) in [5.74, 6) is 3.33. The van der Waals surface area contributed by atoms with E-state index in [0.717, 1.165) is 55.9 Å². The predicted molar refractivity (Wildman–Crippen MR) is 155 cm³/mol. The topological polar surface area (TPSA) is 35.5 Å². The van der Waals surface area contributed by atoms with Crippen LogP contribution in [0.1, 0.15) is 104 Å². The zero-order valence-corrected chi connectivity index (χ0v) is 23.3. The first-order chi connectivity index (χ1) is 18.7. The van der Waals surface area contributed by atoms with Crippen LogP contribution < -0.4 is 4.74 Å². The second kappa shape index (κ2) is 10.8. The zero-order chi connectivity index (χ0) is 26.2. The number of ketones is 1. The Labute approximate surface area is 228 Å². The molecule has 3 fully saturated rings. The SMILES string of the molecule is CC.COc1ccc2c(c1)C(CC1CC1)C(C1=Cc3cc(C(=O)C4CC[C@H]5OCCC[C@H]5C4)ccc3C1)=C2. The van der Waals surface area contributed by atoms with Gasteiger partial charge >= 0.3 is 0 Å². The van der Waals surface area contributed by atoms with Crippen molar-refractivity contribution in [1.29, 1.82) is 0 Å². The van der Waals surface area contributed by atoms with Crippen molar-refractivity contribution in [2.75, 3.05) is 13.7 Å². The Morgan fingerprint density at radius 3 is 2.66 bits per heavy atom. The number of hydrogen-bond acceptors (Lipinski definition) is 3. The van der Waals surface area contributed by atoms with Gasteiger partial charge in [0.15, 0.2) is 5.78 Å². The first-order valence-corrected chi connectivity index (χ1v) is 15.1. The van der Waals surface area contributed by atoms with E-state index in [-0.39, 0.29) is 5.92 Å². The summed E-state index contributed by atoms with van der Waals surface area (Å²) in [5.41, 5.74) is 9.16. The van der Waals surface area contributed by atoms with E-state index in [0.29, 0.717) is 23.7 Å². The van der Waals surface area contributed by atoms with E-state index in [1.54, 1.807) is 7.11 Å². The fraction of sp³-hybridized carbons (Fsp3) is 0.514. The molecule has 2 unspecified atom stereocenters. The van der Waals surface area contributed by atoms with Crippen molar-refractivity contribution in [2.45, 2.75) is 83.7 Å². The molecule has 2 aromatic carbocycles. The Balaban J connectivity index is 0.00000129. The molecule has 7 rings (SSSR count). The van der Waals surface area contributed by atoms with E-state index >= 15 is 0 Å². The number of carbonyl (C=O) groups excluding carboxylic acids is 1. The highest BCUT2D eigenvalue weighted by atomic mass is 16.5. The van der Waals surface area contributed by atoms with Crippen LogP contribution in [-0.4, -0.2) is 25.6 Å². The molecule has 0 spiro atoms. The van der Waals surface area contributed by atoms with Crippen molar-refractivity contribution < 1.29 is 14.3 Å². The molecule has 0 radical (unpaired) electrons. The molecule has 0 aromatic heterocycles. The van der Waals surface area contributed by atoms with Crippen LogP contribution in [0.2, 0.25) is 0 Å². The van der Waals surface area contributed by atoms with Crippen molar-refractivity contribution in [3.63, 3.8) is 0 Å². The number of benzene rings is 2. The number of ether oxygens (including phenoxy) is 2. The third-order valence-electron chi connectivity index (χ3n) is 9.47. The van der Waals surface area contributed by atoms with Gasteiger partial charge in [0.05, 0.1) is 13.2 Å². The van der Waals surface area contributed by atoms with Crippen LogP contribution in [0.3, 0.4) is 0 Å². The van der Waals surface area contributed by atoms with E-state index in [2.05, 4.69) is 48.6 Å². The minimum Gasteiger partial charge on any atom is -0.497 e. The van der Waals surface area contributed by atoms with Gasteiger partial charge in [-0.15, -0.1) is 0 Å². The van der Waals surface area contributed by atoms with E-state index in [4.69, 9.17) is 9.47 Å². The molecule has 0 N–H and O–H groups in total. The van der Waals surface area contributed by atoms with E-state index in [1.807, 2.05) is 13.8 Å².